The molecule has 0 aliphatic carbocycles. The van der Waals surface area contributed by atoms with Crippen molar-refractivity contribution < 1.29 is 19.6 Å². The number of ether oxygens (including phenoxy) is 1. The zero-order valence-electron chi connectivity index (χ0n) is 18.4. The van der Waals surface area contributed by atoms with Crippen molar-refractivity contribution in [3.8, 4) is 11.5 Å². The largest absolute Gasteiger partial charge is 0.500 e. The number of phenolic OH excluding ortho intramolecular Hbond substituents is 1. The van der Waals surface area contributed by atoms with Gasteiger partial charge < -0.3 is 14.7 Å². The second-order valence-electron chi connectivity index (χ2n) is 7.78. The third-order valence-electron chi connectivity index (χ3n) is 5.80. The summed E-state index contributed by atoms with van der Waals surface area (Å²) in [7, 11) is 1.74. The topological polar surface area (TPSA) is 92.9 Å². The molecule has 0 radical (unpaired) electrons. The Labute approximate surface area is 191 Å². The molecular weight excluding hydrogens is 420 g/mol. The van der Waals surface area contributed by atoms with Crippen LogP contribution in [0.3, 0.4) is 0 Å². The summed E-state index contributed by atoms with van der Waals surface area (Å²) in [5.74, 6) is -1.06. The van der Waals surface area contributed by atoms with Crippen molar-refractivity contribution in [2.75, 3.05) is 13.7 Å². The number of nitro groups is 1. The van der Waals surface area contributed by atoms with E-state index in [1.807, 2.05) is 60.7 Å². The average molecular weight is 444 g/mol. The quantitative estimate of drug-likeness (QED) is 0.416. The summed E-state index contributed by atoms with van der Waals surface area (Å²) in [6.07, 6.45) is 0.130. The van der Waals surface area contributed by atoms with Gasteiger partial charge in [0.1, 0.15) is 0 Å². The lowest BCUT2D eigenvalue weighted by Crippen LogP contribution is -2.33. The van der Waals surface area contributed by atoms with Crippen LogP contribution in [0.15, 0.2) is 72.8 Å². The molecule has 3 aromatic carbocycles. The number of rotatable bonds is 6. The lowest BCUT2D eigenvalue weighted by Gasteiger charge is -2.35. The maximum Gasteiger partial charge on any atom is 0.314 e. The van der Waals surface area contributed by atoms with E-state index in [1.54, 1.807) is 24.9 Å². The summed E-state index contributed by atoms with van der Waals surface area (Å²) in [6, 6.07) is 22.2. The number of nitro benzene ring substituents is 1. The van der Waals surface area contributed by atoms with Gasteiger partial charge in [0.15, 0.2) is 5.75 Å². The number of carbonyl (C=O) groups excluding carboxylic acids is 1. The first-order chi connectivity index (χ1) is 15.9. The van der Waals surface area contributed by atoms with E-state index in [0.29, 0.717) is 5.56 Å². The van der Waals surface area contributed by atoms with Crippen LogP contribution in [0.4, 0.5) is 5.69 Å². The van der Waals surface area contributed by atoms with E-state index in [0.717, 1.165) is 22.4 Å². The summed E-state index contributed by atoms with van der Waals surface area (Å²) in [5.41, 5.74) is 3.50. The minimum atomic E-state index is -0.637. The highest BCUT2D eigenvalue weighted by Gasteiger charge is 2.36. The number of nitrogens with zero attached hydrogens (tertiary/aromatic N) is 2. The third kappa shape index (κ3) is 4.17. The monoisotopic (exact) mass is 444 g/mol. The SMILES string of the molecule is CCOc1cc(C2CC(=O)N(C)C(c3ccccc3)=C2c2ccccc2)cc([N+](=O)[O-])c1O. The summed E-state index contributed by atoms with van der Waals surface area (Å²) in [5, 5.41) is 22.0. The summed E-state index contributed by atoms with van der Waals surface area (Å²) in [4.78, 5) is 25.8. The van der Waals surface area contributed by atoms with Crippen LogP contribution >= 0.6 is 0 Å². The van der Waals surface area contributed by atoms with E-state index in [4.69, 9.17) is 4.74 Å². The Bertz CT molecular complexity index is 1220. The first kappa shape index (κ1) is 22.1. The Morgan fingerprint density at radius 2 is 1.67 bits per heavy atom. The first-order valence-corrected chi connectivity index (χ1v) is 10.7. The summed E-state index contributed by atoms with van der Waals surface area (Å²) >= 11 is 0. The molecule has 1 heterocycles. The smallest absolute Gasteiger partial charge is 0.314 e. The highest BCUT2D eigenvalue weighted by Crippen LogP contribution is 2.48. The Morgan fingerprint density at radius 3 is 2.24 bits per heavy atom. The lowest BCUT2D eigenvalue weighted by atomic mass is 9.78. The predicted molar refractivity (Wildman–Crippen MR) is 126 cm³/mol. The minimum Gasteiger partial charge on any atom is -0.500 e. The van der Waals surface area contributed by atoms with Gasteiger partial charge in [0, 0.05) is 25.5 Å². The van der Waals surface area contributed by atoms with Gasteiger partial charge in [-0.15, -0.1) is 0 Å². The fraction of sp³-hybridized carbons (Fsp3) is 0.192. The maximum atomic E-state index is 13.1. The molecule has 1 aliphatic heterocycles. The molecular formula is C26H24N2O5. The van der Waals surface area contributed by atoms with Crippen molar-refractivity contribution in [1.29, 1.82) is 0 Å². The van der Waals surface area contributed by atoms with Crippen LogP contribution < -0.4 is 4.74 Å². The number of benzene rings is 3. The molecule has 4 rings (SSSR count). The molecule has 0 saturated carbocycles. The van der Waals surface area contributed by atoms with Crippen LogP contribution in [0.2, 0.25) is 0 Å². The van der Waals surface area contributed by atoms with Crippen molar-refractivity contribution in [2.24, 2.45) is 0 Å². The molecule has 1 N–H and O–H groups in total. The number of allylic oxidation sites excluding steroid dienone is 1. The van der Waals surface area contributed by atoms with Gasteiger partial charge in [-0.05, 0) is 35.3 Å². The standard InChI is InChI=1S/C26H24N2O5/c1-3-33-22-15-19(14-21(26(22)30)28(31)32)20-16-23(29)27(2)25(18-12-8-5-9-13-18)24(20)17-10-6-4-7-11-17/h4-15,20,30H,3,16H2,1-2H3. The maximum absolute atomic E-state index is 13.1. The number of aromatic hydroxyl groups is 1. The van der Waals surface area contributed by atoms with Crippen molar-refractivity contribution in [2.45, 2.75) is 19.3 Å². The molecule has 7 nitrogen and oxygen atoms in total. The third-order valence-corrected chi connectivity index (χ3v) is 5.80. The fourth-order valence-corrected chi connectivity index (χ4v) is 4.29. The summed E-state index contributed by atoms with van der Waals surface area (Å²) in [6.45, 7) is 1.97. The van der Waals surface area contributed by atoms with Crippen molar-refractivity contribution >= 4 is 22.9 Å². The Balaban J connectivity index is 2.02. The van der Waals surface area contributed by atoms with Crippen LogP contribution in [0.25, 0.3) is 11.3 Å². The highest BCUT2D eigenvalue weighted by atomic mass is 16.6. The number of amides is 1. The van der Waals surface area contributed by atoms with E-state index in [-0.39, 0.29) is 24.7 Å². The molecule has 1 unspecified atom stereocenters. The Hall–Kier alpha value is -4.13. The van der Waals surface area contributed by atoms with Gasteiger partial charge in [-0.2, -0.15) is 0 Å². The molecule has 168 valence electrons. The van der Waals surface area contributed by atoms with E-state index < -0.39 is 22.3 Å². The van der Waals surface area contributed by atoms with Gasteiger partial charge >= 0.3 is 5.69 Å². The highest BCUT2D eigenvalue weighted by molar-refractivity contribution is 6.04. The Kier molecular flexibility index (Phi) is 6.13. The number of carbonyl (C=O) groups is 1. The van der Waals surface area contributed by atoms with Crippen LogP contribution in [0.5, 0.6) is 11.5 Å². The molecule has 0 bridgehead atoms. The van der Waals surface area contributed by atoms with Gasteiger partial charge in [-0.1, -0.05) is 60.7 Å². The van der Waals surface area contributed by atoms with Crippen molar-refractivity contribution in [1.82, 2.24) is 4.90 Å². The second-order valence-corrected chi connectivity index (χ2v) is 7.78. The normalized spacial score (nSPS) is 16.1. The number of hydrogen-bond donors (Lipinski definition) is 1. The first-order valence-electron chi connectivity index (χ1n) is 10.7. The van der Waals surface area contributed by atoms with Crippen LogP contribution in [-0.2, 0) is 4.79 Å². The van der Waals surface area contributed by atoms with Gasteiger partial charge in [0.2, 0.25) is 11.7 Å². The molecule has 7 heteroatoms. The number of hydrogen-bond acceptors (Lipinski definition) is 5. The molecule has 0 saturated heterocycles. The average Bonchev–Trinajstić information content (AvgIpc) is 2.82. The predicted octanol–water partition coefficient (Wildman–Crippen LogP) is 5.21. The van der Waals surface area contributed by atoms with Crippen LogP contribution in [0, 0.1) is 10.1 Å². The zero-order chi connectivity index (χ0) is 23.5. The van der Waals surface area contributed by atoms with Gasteiger partial charge in [0.25, 0.3) is 0 Å². The number of phenols is 1. The lowest BCUT2D eigenvalue weighted by molar-refractivity contribution is -0.386. The van der Waals surface area contributed by atoms with E-state index in [2.05, 4.69) is 0 Å². The molecule has 1 aliphatic rings. The van der Waals surface area contributed by atoms with Crippen LogP contribution in [0.1, 0.15) is 36.0 Å². The van der Waals surface area contributed by atoms with E-state index in [9.17, 15) is 20.0 Å². The van der Waals surface area contributed by atoms with Crippen molar-refractivity contribution in [3.63, 3.8) is 0 Å². The zero-order valence-corrected chi connectivity index (χ0v) is 18.4. The Morgan fingerprint density at radius 1 is 1.06 bits per heavy atom. The second kappa shape index (κ2) is 9.16. The van der Waals surface area contributed by atoms with Gasteiger partial charge in [0.05, 0.1) is 17.2 Å². The van der Waals surface area contributed by atoms with Crippen molar-refractivity contribution in [3.05, 3.63) is 99.6 Å². The molecule has 3 aromatic rings. The van der Waals surface area contributed by atoms with E-state index in [1.165, 1.54) is 6.07 Å². The van der Waals surface area contributed by atoms with E-state index >= 15 is 0 Å². The summed E-state index contributed by atoms with van der Waals surface area (Å²) < 4.78 is 5.49. The molecule has 1 amide bonds. The fourth-order valence-electron chi connectivity index (χ4n) is 4.29. The molecule has 1 atom stereocenters. The molecule has 0 spiro atoms. The molecule has 33 heavy (non-hydrogen) atoms. The molecule has 0 fully saturated rings. The van der Waals surface area contributed by atoms with Gasteiger partial charge in [-0.3, -0.25) is 14.9 Å². The van der Waals surface area contributed by atoms with Gasteiger partial charge in [-0.25, -0.2) is 0 Å². The molecule has 0 aromatic heterocycles. The minimum absolute atomic E-state index is 0.0294. The van der Waals surface area contributed by atoms with Crippen LogP contribution in [-0.4, -0.2) is 34.5 Å².